The van der Waals surface area contributed by atoms with E-state index >= 15 is 0 Å². The lowest BCUT2D eigenvalue weighted by Gasteiger charge is -2.19. The Labute approximate surface area is 159 Å². The molecule has 0 bridgehead atoms. The minimum Gasteiger partial charge on any atom is -0.496 e. The van der Waals surface area contributed by atoms with Crippen molar-refractivity contribution in [1.29, 1.82) is 0 Å². The fourth-order valence-electron chi connectivity index (χ4n) is 2.75. The molecule has 0 saturated heterocycles. The Kier molecular flexibility index (Phi) is 7.31. The quantitative estimate of drug-likeness (QED) is 0.726. The van der Waals surface area contributed by atoms with Crippen molar-refractivity contribution in [1.82, 2.24) is 5.32 Å². The van der Waals surface area contributed by atoms with Gasteiger partial charge in [0.05, 0.1) is 28.4 Å². The van der Waals surface area contributed by atoms with Gasteiger partial charge < -0.3 is 29.0 Å². The highest BCUT2D eigenvalue weighted by Crippen LogP contribution is 2.38. The van der Waals surface area contributed by atoms with Gasteiger partial charge in [-0.15, -0.1) is 0 Å². The summed E-state index contributed by atoms with van der Waals surface area (Å²) >= 11 is 0. The molecule has 0 aliphatic carbocycles. The largest absolute Gasteiger partial charge is 0.496 e. The molecule has 0 aliphatic heterocycles. The van der Waals surface area contributed by atoms with Gasteiger partial charge in [0.2, 0.25) is 5.75 Å². The molecule has 2 aromatic rings. The monoisotopic (exact) mass is 375 g/mol. The second-order valence-corrected chi connectivity index (χ2v) is 5.59. The molecule has 0 saturated carbocycles. The van der Waals surface area contributed by atoms with E-state index in [1.807, 2.05) is 24.3 Å². The first-order valence-electron chi connectivity index (χ1n) is 8.33. The van der Waals surface area contributed by atoms with Crippen LogP contribution in [0.1, 0.15) is 22.0 Å². The summed E-state index contributed by atoms with van der Waals surface area (Å²) in [7, 11) is 7.70. The first-order chi connectivity index (χ1) is 13.1. The number of methoxy groups -OCH3 is 5. The molecule has 2 rings (SSSR count). The maximum Gasteiger partial charge on any atom is 0.251 e. The summed E-state index contributed by atoms with van der Waals surface area (Å²) in [5, 5.41) is 2.87. The third-order valence-electron chi connectivity index (χ3n) is 4.15. The Balaban J connectivity index is 2.19. The van der Waals surface area contributed by atoms with Crippen molar-refractivity contribution in [3.8, 4) is 23.0 Å². The van der Waals surface area contributed by atoms with Gasteiger partial charge in [0, 0.05) is 24.8 Å². The molecule has 0 aromatic heterocycles. The van der Waals surface area contributed by atoms with Gasteiger partial charge >= 0.3 is 0 Å². The number of benzene rings is 2. The number of hydrogen-bond acceptors (Lipinski definition) is 6. The SMILES string of the molecule is COc1ccccc1C(CNC(=O)c1cc(OC)c(OC)c(OC)c1)OC. The van der Waals surface area contributed by atoms with Crippen LogP contribution in [0.25, 0.3) is 0 Å². The number of hydrogen-bond donors (Lipinski definition) is 1. The normalized spacial score (nSPS) is 11.4. The topological polar surface area (TPSA) is 75.3 Å². The summed E-state index contributed by atoms with van der Waals surface area (Å²) in [6.45, 7) is 0.270. The van der Waals surface area contributed by atoms with Crippen LogP contribution in [0, 0.1) is 0 Å². The molecule has 0 spiro atoms. The van der Waals surface area contributed by atoms with Crippen molar-refractivity contribution < 1.29 is 28.5 Å². The van der Waals surface area contributed by atoms with Crippen LogP contribution < -0.4 is 24.3 Å². The van der Waals surface area contributed by atoms with Crippen LogP contribution >= 0.6 is 0 Å². The van der Waals surface area contributed by atoms with E-state index in [0.29, 0.717) is 28.6 Å². The molecule has 1 atom stereocenters. The van der Waals surface area contributed by atoms with Crippen LogP contribution in [-0.2, 0) is 4.74 Å². The second-order valence-electron chi connectivity index (χ2n) is 5.59. The molecule has 7 nitrogen and oxygen atoms in total. The van der Waals surface area contributed by atoms with Gasteiger partial charge in [0.15, 0.2) is 11.5 Å². The average molecular weight is 375 g/mol. The Morgan fingerprint density at radius 1 is 0.889 bits per heavy atom. The third kappa shape index (κ3) is 4.62. The van der Waals surface area contributed by atoms with Gasteiger partial charge in [-0.2, -0.15) is 0 Å². The molecule has 0 aliphatic rings. The van der Waals surface area contributed by atoms with Gasteiger partial charge in [-0.3, -0.25) is 4.79 Å². The van der Waals surface area contributed by atoms with Crippen molar-refractivity contribution in [3.05, 3.63) is 47.5 Å². The Hall–Kier alpha value is -2.93. The van der Waals surface area contributed by atoms with Crippen molar-refractivity contribution in [2.45, 2.75) is 6.10 Å². The second kappa shape index (κ2) is 9.68. The summed E-state index contributed by atoms with van der Waals surface area (Å²) in [6.07, 6.45) is -0.355. The minimum atomic E-state index is -0.355. The van der Waals surface area contributed by atoms with E-state index in [2.05, 4.69) is 5.32 Å². The number of amides is 1. The van der Waals surface area contributed by atoms with Gasteiger partial charge in [0.25, 0.3) is 5.91 Å². The Morgan fingerprint density at radius 3 is 2.00 bits per heavy atom. The van der Waals surface area contributed by atoms with Gasteiger partial charge in [-0.1, -0.05) is 18.2 Å². The predicted molar refractivity (Wildman–Crippen MR) is 101 cm³/mol. The number of rotatable bonds is 9. The summed E-state index contributed by atoms with van der Waals surface area (Å²) in [5.41, 5.74) is 1.24. The lowest BCUT2D eigenvalue weighted by molar-refractivity contribution is 0.0818. The zero-order valence-corrected chi connectivity index (χ0v) is 16.2. The van der Waals surface area contributed by atoms with E-state index in [1.165, 1.54) is 21.3 Å². The van der Waals surface area contributed by atoms with E-state index < -0.39 is 0 Å². The van der Waals surface area contributed by atoms with E-state index in [9.17, 15) is 4.79 Å². The number of carbonyl (C=O) groups is 1. The maximum atomic E-state index is 12.6. The highest BCUT2D eigenvalue weighted by atomic mass is 16.5. The van der Waals surface area contributed by atoms with E-state index in [1.54, 1.807) is 26.4 Å². The maximum absolute atomic E-state index is 12.6. The highest BCUT2D eigenvalue weighted by Gasteiger charge is 2.20. The lowest BCUT2D eigenvalue weighted by atomic mass is 10.1. The smallest absolute Gasteiger partial charge is 0.251 e. The van der Waals surface area contributed by atoms with Crippen LogP contribution in [-0.4, -0.2) is 48.0 Å². The third-order valence-corrected chi connectivity index (χ3v) is 4.15. The molecule has 27 heavy (non-hydrogen) atoms. The molecule has 146 valence electrons. The zero-order valence-electron chi connectivity index (χ0n) is 16.2. The lowest BCUT2D eigenvalue weighted by Crippen LogP contribution is -2.29. The molecule has 1 amide bonds. The zero-order chi connectivity index (χ0) is 19.8. The van der Waals surface area contributed by atoms with Crippen LogP contribution in [0.5, 0.6) is 23.0 Å². The molecule has 1 N–H and O–H groups in total. The van der Waals surface area contributed by atoms with Crippen molar-refractivity contribution in [3.63, 3.8) is 0 Å². The van der Waals surface area contributed by atoms with Crippen LogP contribution in [0.15, 0.2) is 36.4 Å². The Bertz CT molecular complexity index is 752. The van der Waals surface area contributed by atoms with E-state index in [0.717, 1.165) is 5.56 Å². The Morgan fingerprint density at radius 2 is 1.48 bits per heavy atom. The molecule has 0 fully saturated rings. The predicted octanol–water partition coefficient (Wildman–Crippen LogP) is 2.84. The average Bonchev–Trinajstić information content (AvgIpc) is 2.72. The fourth-order valence-corrected chi connectivity index (χ4v) is 2.75. The molecule has 0 heterocycles. The summed E-state index contributed by atoms with van der Waals surface area (Å²) in [4.78, 5) is 12.6. The van der Waals surface area contributed by atoms with Gasteiger partial charge in [0.1, 0.15) is 11.9 Å². The van der Waals surface area contributed by atoms with E-state index in [4.69, 9.17) is 23.7 Å². The molecular formula is C20H25NO6. The summed E-state index contributed by atoms with van der Waals surface area (Å²) < 4.78 is 26.7. The first-order valence-corrected chi connectivity index (χ1v) is 8.33. The van der Waals surface area contributed by atoms with E-state index in [-0.39, 0.29) is 18.6 Å². The van der Waals surface area contributed by atoms with Crippen LogP contribution in [0.3, 0.4) is 0 Å². The summed E-state index contributed by atoms with van der Waals surface area (Å²) in [5.74, 6) is 1.67. The van der Waals surface area contributed by atoms with Crippen LogP contribution in [0.4, 0.5) is 0 Å². The van der Waals surface area contributed by atoms with Crippen molar-refractivity contribution >= 4 is 5.91 Å². The first kappa shape index (κ1) is 20.4. The van der Waals surface area contributed by atoms with Gasteiger partial charge in [-0.05, 0) is 18.2 Å². The molecule has 7 heteroatoms. The van der Waals surface area contributed by atoms with Gasteiger partial charge in [-0.25, -0.2) is 0 Å². The number of ether oxygens (including phenoxy) is 5. The standard InChI is InChI=1S/C20H25NO6/c1-23-15-9-7-6-8-14(15)18(26-4)12-21-20(22)13-10-16(24-2)19(27-5)17(11-13)25-3/h6-11,18H,12H2,1-5H3,(H,21,22). The highest BCUT2D eigenvalue weighted by molar-refractivity contribution is 5.95. The molecule has 1 unspecified atom stereocenters. The number of carbonyl (C=O) groups excluding carboxylic acids is 1. The fraction of sp³-hybridized carbons (Fsp3) is 0.350. The minimum absolute atomic E-state index is 0.270. The molecule has 0 radical (unpaired) electrons. The molecular weight excluding hydrogens is 350 g/mol. The summed E-state index contributed by atoms with van der Waals surface area (Å²) in [6, 6.07) is 10.7. The number of nitrogens with one attached hydrogen (secondary N) is 1. The molecule has 2 aromatic carbocycles. The number of para-hydroxylation sites is 1. The van der Waals surface area contributed by atoms with Crippen molar-refractivity contribution in [2.24, 2.45) is 0 Å². The van der Waals surface area contributed by atoms with Crippen molar-refractivity contribution in [2.75, 3.05) is 42.1 Å². The van der Waals surface area contributed by atoms with Crippen LogP contribution in [0.2, 0.25) is 0 Å².